The van der Waals surface area contributed by atoms with Crippen molar-refractivity contribution in [2.75, 3.05) is 13.1 Å². The Morgan fingerprint density at radius 3 is 2.31 bits per heavy atom. The van der Waals surface area contributed by atoms with Crippen molar-refractivity contribution in [2.45, 2.75) is 71.7 Å². The quantitative estimate of drug-likeness (QED) is 0.520. The Labute approximate surface area is 209 Å². The van der Waals surface area contributed by atoms with Crippen molar-refractivity contribution in [2.24, 2.45) is 5.92 Å². The first kappa shape index (κ1) is 26.5. The first-order chi connectivity index (χ1) is 16.6. The number of hydrogen-bond donors (Lipinski definition) is 2. The van der Waals surface area contributed by atoms with E-state index in [1.165, 1.54) is 5.56 Å². The van der Waals surface area contributed by atoms with Crippen molar-refractivity contribution in [1.29, 1.82) is 0 Å². The fourth-order valence-electron chi connectivity index (χ4n) is 4.09. The molecule has 1 fully saturated rings. The number of likely N-dealkylation sites (tertiary alicyclic amines) is 1. The van der Waals surface area contributed by atoms with E-state index >= 15 is 0 Å². The molecule has 0 bridgehead atoms. The summed E-state index contributed by atoms with van der Waals surface area (Å²) in [4.78, 5) is 27.5. The maximum absolute atomic E-state index is 13.0. The molecule has 1 heterocycles. The lowest BCUT2D eigenvalue weighted by molar-refractivity contribution is -0.124. The summed E-state index contributed by atoms with van der Waals surface area (Å²) >= 11 is 0. The molecule has 1 aliphatic rings. The SMILES string of the molecule is CC(C)C[C@H](NC(=O)OC(C)(C)C)C(=O)N[C@H]1CCN(Cc2ccc(Oc3ccccc3)cc2)C1. The van der Waals surface area contributed by atoms with Crippen LogP contribution < -0.4 is 15.4 Å². The van der Waals surface area contributed by atoms with E-state index in [0.717, 1.165) is 37.6 Å². The van der Waals surface area contributed by atoms with Gasteiger partial charge in [0.25, 0.3) is 0 Å². The third kappa shape index (κ3) is 9.25. The molecule has 0 spiro atoms. The normalized spacial score (nSPS) is 17.1. The van der Waals surface area contributed by atoms with Crippen LogP contribution in [0.4, 0.5) is 4.79 Å². The molecule has 0 saturated carbocycles. The van der Waals surface area contributed by atoms with Crippen molar-refractivity contribution < 1.29 is 19.1 Å². The first-order valence-electron chi connectivity index (χ1n) is 12.4. The monoisotopic (exact) mass is 481 g/mol. The Morgan fingerprint density at radius 2 is 1.69 bits per heavy atom. The molecule has 0 aliphatic carbocycles. The molecule has 190 valence electrons. The largest absolute Gasteiger partial charge is 0.457 e. The van der Waals surface area contributed by atoms with Gasteiger partial charge in [0, 0.05) is 25.7 Å². The molecule has 1 saturated heterocycles. The van der Waals surface area contributed by atoms with E-state index in [9.17, 15) is 9.59 Å². The lowest BCUT2D eigenvalue weighted by atomic mass is 10.0. The van der Waals surface area contributed by atoms with Crippen LogP contribution in [0.5, 0.6) is 11.5 Å². The topological polar surface area (TPSA) is 79.9 Å². The zero-order chi connectivity index (χ0) is 25.4. The second-order valence-corrected chi connectivity index (χ2v) is 10.6. The molecular formula is C28H39N3O4. The van der Waals surface area contributed by atoms with Crippen LogP contribution in [0.15, 0.2) is 54.6 Å². The number of rotatable bonds is 9. The molecule has 3 rings (SSSR count). The maximum atomic E-state index is 13.0. The number of benzene rings is 2. The summed E-state index contributed by atoms with van der Waals surface area (Å²) in [5.41, 5.74) is 0.586. The average Bonchev–Trinajstić information content (AvgIpc) is 3.20. The van der Waals surface area contributed by atoms with E-state index < -0.39 is 17.7 Å². The zero-order valence-corrected chi connectivity index (χ0v) is 21.5. The van der Waals surface area contributed by atoms with Crippen molar-refractivity contribution in [3.63, 3.8) is 0 Å². The number of nitrogens with zero attached hydrogens (tertiary/aromatic N) is 1. The molecule has 0 aromatic heterocycles. The van der Waals surface area contributed by atoms with Gasteiger partial charge in [-0.3, -0.25) is 9.69 Å². The van der Waals surface area contributed by atoms with E-state index in [1.54, 1.807) is 20.8 Å². The van der Waals surface area contributed by atoms with Crippen LogP contribution in [0.1, 0.15) is 53.0 Å². The summed E-state index contributed by atoms with van der Waals surface area (Å²) in [7, 11) is 0. The molecule has 1 aliphatic heterocycles. The molecule has 2 amide bonds. The van der Waals surface area contributed by atoms with Crippen LogP contribution in [0.25, 0.3) is 0 Å². The highest BCUT2D eigenvalue weighted by molar-refractivity contribution is 5.85. The summed E-state index contributed by atoms with van der Waals surface area (Å²) in [6, 6.07) is 17.3. The van der Waals surface area contributed by atoms with Crippen LogP contribution >= 0.6 is 0 Å². The summed E-state index contributed by atoms with van der Waals surface area (Å²) in [6.07, 6.45) is 0.867. The van der Waals surface area contributed by atoms with Crippen LogP contribution in [0, 0.1) is 5.92 Å². The number of para-hydroxylation sites is 1. The number of alkyl carbamates (subject to hydrolysis) is 1. The Morgan fingerprint density at radius 1 is 1.03 bits per heavy atom. The maximum Gasteiger partial charge on any atom is 0.408 e. The minimum absolute atomic E-state index is 0.0540. The summed E-state index contributed by atoms with van der Waals surface area (Å²) in [6.45, 7) is 12.0. The molecule has 2 aromatic carbocycles. The van der Waals surface area contributed by atoms with Gasteiger partial charge in [-0.15, -0.1) is 0 Å². The number of ether oxygens (including phenoxy) is 2. The van der Waals surface area contributed by atoms with Crippen LogP contribution in [-0.2, 0) is 16.1 Å². The summed E-state index contributed by atoms with van der Waals surface area (Å²) < 4.78 is 11.2. The van der Waals surface area contributed by atoms with E-state index in [-0.39, 0.29) is 17.9 Å². The summed E-state index contributed by atoms with van der Waals surface area (Å²) in [5, 5.41) is 5.89. The third-order valence-electron chi connectivity index (χ3n) is 5.64. The van der Waals surface area contributed by atoms with Gasteiger partial charge in [-0.1, -0.05) is 44.2 Å². The third-order valence-corrected chi connectivity index (χ3v) is 5.64. The second kappa shape index (κ2) is 12.1. The average molecular weight is 482 g/mol. The van der Waals surface area contributed by atoms with E-state index in [4.69, 9.17) is 9.47 Å². The molecule has 2 atom stereocenters. The lowest BCUT2D eigenvalue weighted by Gasteiger charge is -2.25. The molecule has 7 nitrogen and oxygen atoms in total. The van der Waals surface area contributed by atoms with Crippen molar-refractivity contribution in [3.05, 3.63) is 60.2 Å². The number of hydrogen-bond acceptors (Lipinski definition) is 5. The predicted molar refractivity (Wildman–Crippen MR) is 137 cm³/mol. The van der Waals surface area contributed by atoms with Gasteiger partial charge in [0.05, 0.1) is 0 Å². The molecule has 0 radical (unpaired) electrons. The highest BCUT2D eigenvalue weighted by Crippen LogP contribution is 2.22. The predicted octanol–water partition coefficient (Wildman–Crippen LogP) is 5.11. The second-order valence-electron chi connectivity index (χ2n) is 10.6. The number of carbonyl (C=O) groups is 2. The van der Waals surface area contributed by atoms with Gasteiger partial charge in [0.2, 0.25) is 5.91 Å². The van der Waals surface area contributed by atoms with E-state index in [0.29, 0.717) is 6.42 Å². The van der Waals surface area contributed by atoms with Crippen LogP contribution in [0.2, 0.25) is 0 Å². The number of nitrogens with one attached hydrogen (secondary N) is 2. The zero-order valence-electron chi connectivity index (χ0n) is 21.5. The summed E-state index contributed by atoms with van der Waals surface area (Å²) in [5.74, 6) is 1.73. The van der Waals surface area contributed by atoms with Gasteiger partial charge in [-0.25, -0.2) is 4.79 Å². The van der Waals surface area contributed by atoms with Crippen molar-refractivity contribution in [1.82, 2.24) is 15.5 Å². The molecule has 0 unspecified atom stereocenters. The lowest BCUT2D eigenvalue weighted by Crippen LogP contribution is -2.51. The van der Waals surface area contributed by atoms with Crippen LogP contribution in [0.3, 0.4) is 0 Å². The van der Waals surface area contributed by atoms with Gasteiger partial charge >= 0.3 is 6.09 Å². The van der Waals surface area contributed by atoms with E-state index in [1.807, 2.05) is 56.3 Å². The first-order valence-corrected chi connectivity index (χ1v) is 12.4. The smallest absolute Gasteiger partial charge is 0.408 e. The number of amides is 2. The van der Waals surface area contributed by atoms with Gasteiger partial charge in [0.15, 0.2) is 0 Å². The Hall–Kier alpha value is -3.06. The van der Waals surface area contributed by atoms with Crippen LogP contribution in [-0.4, -0.2) is 47.7 Å². The van der Waals surface area contributed by atoms with E-state index in [2.05, 4.69) is 27.7 Å². The van der Waals surface area contributed by atoms with Gasteiger partial charge in [-0.2, -0.15) is 0 Å². The minimum Gasteiger partial charge on any atom is -0.457 e. The Bertz CT molecular complexity index is 954. The highest BCUT2D eigenvalue weighted by atomic mass is 16.6. The molecule has 35 heavy (non-hydrogen) atoms. The van der Waals surface area contributed by atoms with Gasteiger partial charge in [0.1, 0.15) is 23.1 Å². The van der Waals surface area contributed by atoms with Gasteiger partial charge in [-0.05, 0) is 69.4 Å². The fraction of sp³-hybridized carbons (Fsp3) is 0.500. The Kier molecular flexibility index (Phi) is 9.15. The fourth-order valence-corrected chi connectivity index (χ4v) is 4.09. The highest BCUT2D eigenvalue weighted by Gasteiger charge is 2.29. The van der Waals surface area contributed by atoms with Gasteiger partial charge < -0.3 is 20.1 Å². The molecule has 7 heteroatoms. The molecular weight excluding hydrogens is 442 g/mol. The number of carbonyl (C=O) groups excluding carboxylic acids is 2. The Balaban J connectivity index is 1.49. The standard InChI is InChI=1S/C28H39N3O4/c1-20(2)17-25(30-27(33)35-28(3,4)5)26(32)29-22-15-16-31(19-22)18-21-11-13-24(14-12-21)34-23-9-7-6-8-10-23/h6-14,20,22,25H,15-19H2,1-5H3,(H,29,32)(H,30,33)/t22-,25-/m0/s1. The van der Waals surface area contributed by atoms with Crippen molar-refractivity contribution in [3.8, 4) is 11.5 Å². The molecule has 2 aromatic rings. The van der Waals surface area contributed by atoms with Crippen molar-refractivity contribution >= 4 is 12.0 Å². The molecule has 2 N–H and O–H groups in total. The minimum atomic E-state index is -0.615.